The van der Waals surface area contributed by atoms with Crippen LogP contribution in [0.4, 0.5) is 0 Å². The Morgan fingerprint density at radius 1 is 1.23 bits per heavy atom. The third-order valence-corrected chi connectivity index (χ3v) is 6.67. The topological polar surface area (TPSA) is 102 Å². The number of nitrogens with zero attached hydrogens (tertiary/aromatic N) is 1. The lowest BCUT2D eigenvalue weighted by Crippen LogP contribution is -2.46. The number of aromatic amines is 1. The van der Waals surface area contributed by atoms with Crippen LogP contribution in [-0.4, -0.2) is 51.4 Å². The van der Waals surface area contributed by atoms with Crippen LogP contribution in [0.2, 0.25) is 0 Å². The van der Waals surface area contributed by atoms with E-state index in [9.17, 15) is 19.5 Å². The summed E-state index contributed by atoms with van der Waals surface area (Å²) >= 11 is 0. The smallest absolute Gasteiger partial charge is 0.326 e. The Kier molecular flexibility index (Phi) is 5.79. The second kappa shape index (κ2) is 8.50. The minimum atomic E-state index is -1.07. The molecule has 1 aromatic heterocycles. The summed E-state index contributed by atoms with van der Waals surface area (Å²) in [5.74, 6) is -1.20. The average Bonchev–Trinajstić information content (AvgIpc) is 3.32. The molecule has 1 aliphatic carbocycles. The number of hydrogen-bond acceptors (Lipinski definition) is 3. The van der Waals surface area contributed by atoms with Gasteiger partial charge in [0.05, 0.1) is 5.92 Å². The van der Waals surface area contributed by atoms with E-state index in [0.29, 0.717) is 12.5 Å². The predicted octanol–water partition coefficient (Wildman–Crippen LogP) is 2.71. The Labute approximate surface area is 175 Å². The highest BCUT2D eigenvalue weighted by Crippen LogP contribution is 2.31. The van der Waals surface area contributed by atoms with Crippen molar-refractivity contribution >= 4 is 28.7 Å². The summed E-state index contributed by atoms with van der Waals surface area (Å²) in [4.78, 5) is 42.1. The van der Waals surface area contributed by atoms with E-state index < -0.39 is 17.9 Å². The number of hydrogen-bond donors (Lipinski definition) is 3. The van der Waals surface area contributed by atoms with Crippen molar-refractivity contribution in [3.63, 3.8) is 0 Å². The largest absolute Gasteiger partial charge is 0.480 e. The predicted molar refractivity (Wildman–Crippen MR) is 113 cm³/mol. The first-order chi connectivity index (χ1) is 14.4. The van der Waals surface area contributed by atoms with Crippen molar-refractivity contribution in [2.75, 3.05) is 6.54 Å². The van der Waals surface area contributed by atoms with Gasteiger partial charge in [-0.3, -0.25) is 9.59 Å². The number of likely N-dealkylation sites (tertiary alicyclic amines) is 1. The average molecular weight is 412 g/mol. The molecule has 160 valence electrons. The molecule has 2 aliphatic rings. The summed E-state index contributed by atoms with van der Waals surface area (Å²) in [7, 11) is 0. The monoisotopic (exact) mass is 411 g/mol. The zero-order chi connectivity index (χ0) is 21.3. The van der Waals surface area contributed by atoms with Gasteiger partial charge in [-0.15, -0.1) is 0 Å². The van der Waals surface area contributed by atoms with Crippen molar-refractivity contribution in [2.45, 2.75) is 57.5 Å². The number of carbonyl (C=O) groups is 3. The van der Waals surface area contributed by atoms with E-state index in [1.54, 1.807) is 6.20 Å². The second-order valence-electron chi connectivity index (χ2n) is 8.82. The molecule has 7 nitrogen and oxygen atoms in total. The van der Waals surface area contributed by atoms with Gasteiger partial charge >= 0.3 is 5.97 Å². The second-order valence-corrected chi connectivity index (χ2v) is 8.82. The lowest BCUT2D eigenvalue weighted by atomic mass is 9.86. The van der Waals surface area contributed by atoms with Crippen LogP contribution in [0.15, 0.2) is 30.5 Å². The van der Waals surface area contributed by atoms with Crippen molar-refractivity contribution in [1.82, 2.24) is 15.2 Å². The van der Waals surface area contributed by atoms with Gasteiger partial charge in [0.2, 0.25) is 11.8 Å². The summed E-state index contributed by atoms with van der Waals surface area (Å²) in [5, 5.41) is 13.3. The van der Waals surface area contributed by atoms with Gasteiger partial charge in [0.15, 0.2) is 0 Å². The van der Waals surface area contributed by atoms with Gasteiger partial charge in [0.1, 0.15) is 6.04 Å². The van der Waals surface area contributed by atoms with Crippen LogP contribution >= 0.6 is 0 Å². The molecule has 1 aliphatic heterocycles. The van der Waals surface area contributed by atoms with Gasteiger partial charge in [-0.05, 0) is 43.2 Å². The van der Waals surface area contributed by atoms with Gasteiger partial charge in [-0.1, -0.05) is 25.1 Å². The van der Waals surface area contributed by atoms with Crippen LogP contribution in [-0.2, 0) is 20.8 Å². The maximum atomic E-state index is 12.8. The number of para-hydroxylation sites is 1. The number of carboxylic acid groups (broad SMARTS) is 1. The highest BCUT2D eigenvalue weighted by Gasteiger charge is 2.39. The van der Waals surface area contributed by atoms with E-state index in [1.165, 1.54) is 0 Å². The minimum Gasteiger partial charge on any atom is -0.480 e. The molecule has 2 atom stereocenters. The first-order valence-electron chi connectivity index (χ1n) is 10.8. The molecule has 1 saturated heterocycles. The molecule has 2 unspecified atom stereocenters. The third-order valence-electron chi connectivity index (χ3n) is 6.67. The van der Waals surface area contributed by atoms with Crippen LogP contribution in [0, 0.1) is 11.8 Å². The minimum absolute atomic E-state index is 0.0122. The number of benzene rings is 1. The van der Waals surface area contributed by atoms with Crippen molar-refractivity contribution in [3.8, 4) is 0 Å². The zero-order valence-electron chi connectivity index (χ0n) is 17.3. The summed E-state index contributed by atoms with van der Waals surface area (Å²) in [6.07, 6.45) is 6.33. The first-order valence-corrected chi connectivity index (χ1v) is 10.8. The number of aromatic nitrogens is 1. The van der Waals surface area contributed by atoms with Crippen LogP contribution in [0.1, 0.15) is 44.6 Å². The first kappa shape index (κ1) is 20.4. The number of H-pyrrole nitrogens is 1. The van der Waals surface area contributed by atoms with E-state index in [2.05, 4.69) is 17.2 Å². The Bertz CT molecular complexity index is 945. The molecule has 2 amide bonds. The molecule has 0 radical (unpaired) electrons. The normalized spacial score (nSPS) is 25.4. The fraction of sp³-hybridized carbons (Fsp3) is 0.522. The number of carboxylic acids is 1. The summed E-state index contributed by atoms with van der Waals surface area (Å²) in [5.41, 5.74) is 1.78. The SMILES string of the molecule is CC1CCC(N2CC(C(=O)NC(Cc3c[nH]c4ccccc34)C(=O)O)CC2=O)CC1. The standard InChI is InChI=1S/C23H29N3O4/c1-14-6-8-17(9-7-14)26-13-16(11-21(26)27)22(28)25-20(23(29)30)10-15-12-24-19-5-3-2-4-18(15)19/h2-5,12,14,16-17,20,24H,6-11,13H2,1H3,(H,25,28)(H,29,30). The van der Waals surface area contributed by atoms with E-state index in [4.69, 9.17) is 0 Å². The maximum absolute atomic E-state index is 12.8. The Balaban J connectivity index is 1.40. The molecular formula is C23H29N3O4. The van der Waals surface area contributed by atoms with Crippen molar-refractivity contribution in [2.24, 2.45) is 11.8 Å². The van der Waals surface area contributed by atoms with Crippen molar-refractivity contribution in [3.05, 3.63) is 36.0 Å². The van der Waals surface area contributed by atoms with E-state index >= 15 is 0 Å². The lowest BCUT2D eigenvalue weighted by Gasteiger charge is -2.33. The molecule has 4 rings (SSSR count). The summed E-state index contributed by atoms with van der Waals surface area (Å²) in [6, 6.07) is 6.86. The third kappa shape index (κ3) is 4.20. The van der Waals surface area contributed by atoms with Gasteiger partial charge < -0.3 is 20.3 Å². The number of carbonyl (C=O) groups excluding carboxylic acids is 2. The maximum Gasteiger partial charge on any atom is 0.326 e. The molecule has 30 heavy (non-hydrogen) atoms. The van der Waals surface area contributed by atoms with Crippen molar-refractivity contribution in [1.29, 1.82) is 0 Å². The molecular weight excluding hydrogens is 382 g/mol. The number of aliphatic carboxylic acids is 1. The molecule has 1 saturated carbocycles. The van der Waals surface area contributed by atoms with E-state index in [0.717, 1.165) is 42.1 Å². The van der Waals surface area contributed by atoms with Gasteiger partial charge in [-0.25, -0.2) is 4.79 Å². The zero-order valence-corrected chi connectivity index (χ0v) is 17.3. The highest BCUT2D eigenvalue weighted by molar-refractivity contribution is 5.92. The van der Waals surface area contributed by atoms with E-state index in [1.807, 2.05) is 29.2 Å². The summed E-state index contributed by atoms with van der Waals surface area (Å²) < 4.78 is 0. The van der Waals surface area contributed by atoms with Gasteiger partial charge in [0, 0.05) is 42.5 Å². The van der Waals surface area contributed by atoms with Gasteiger partial charge in [-0.2, -0.15) is 0 Å². The Morgan fingerprint density at radius 2 is 1.97 bits per heavy atom. The molecule has 2 aromatic rings. The number of amides is 2. The van der Waals surface area contributed by atoms with Crippen molar-refractivity contribution < 1.29 is 19.5 Å². The quantitative estimate of drug-likeness (QED) is 0.680. The number of nitrogens with one attached hydrogen (secondary N) is 2. The van der Waals surface area contributed by atoms with Crippen LogP contribution in [0.3, 0.4) is 0 Å². The van der Waals surface area contributed by atoms with Crippen LogP contribution < -0.4 is 5.32 Å². The summed E-state index contributed by atoms with van der Waals surface area (Å²) in [6.45, 7) is 2.63. The molecule has 1 aromatic carbocycles. The van der Waals surface area contributed by atoms with E-state index in [-0.39, 0.29) is 30.7 Å². The Morgan fingerprint density at radius 3 is 2.70 bits per heavy atom. The van der Waals surface area contributed by atoms with Crippen LogP contribution in [0.25, 0.3) is 10.9 Å². The fourth-order valence-electron chi connectivity index (χ4n) is 4.82. The fourth-order valence-corrected chi connectivity index (χ4v) is 4.82. The number of fused-ring (bicyclic) bond motifs is 1. The highest BCUT2D eigenvalue weighted by atomic mass is 16.4. The molecule has 2 heterocycles. The number of rotatable bonds is 6. The molecule has 2 fully saturated rings. The van der Waals surface area contributed by atoms with Crippen LogP contribution in [0.5, 0.6) is 0 Å². The van der Waals surface area contributed by atoms with Gasteiger partial charge in [0.25, 0.3) is 0 Å². The Hall–Kier alpha value is -2.83. The molecule has 3 N–H and O–H groups in total. The molecule has 7 heteroatoms. The molecule has 0 bridgehead atoms. The molecule has 0 spiro atoms. The lowest BCUT2D eigenvalue weighted by molar-refractivity contribution is -0.142.